The number of fused-ring (bicyclic) bond motifs is 1. The molecule has 1 aromatic carbocycles. The average molecular weight is 317 g/mol. The number of methoxy groups -OCH3 is 1. The maximum Gasteiger partial charge on any atom is 0.337 e. The number of carbonyl (C=O) groups excluding carboxylic acids is 2. The molecule has 0 unspecified atom stereocenters. The number of nitrogens with one attached hydrogen (secondary N) is 1. The molecular formula is C15H11NO3S2. The highest BCUT2D eigenvalue weighted by atomic mass is 32.1. The number of hydrogen-bond donors (Lipinski definition) is 1. The number of benzene rings is 1. The molecular weight excluding hydrogens is 306 g/mol. The second-order valence-corrected chi connectivity index (χ2v) is 6.32. The van der Waals surface area contributed by atoms with Crippen LogP contribution in [0.25, 0.3) is 9.40 Å². The van der Waals surface area contributed by atoms with Gasteiger partial charge in [-0.2, -0.15) is 0 Å². The Kier molecular flexibility index (Phi) is 3.72. The lowest BCUT2D eigenvalue weighted by atomic mass is 10.2. The van der Waals surface area contributed by atoms with Crippen molar-refractivity contribution in [1.82, 2.24) is 0 Å². The fourth-order valence-electron chi connectivity index (χ4n) is 1.91. The van der Waals surface area contributed by atoms with Crippen LogP contribution in [0.1, 0.15) is 20.0 Å². The van der Waals surface area contributed by atoms with Crippen LogP contribution in [0.5, 0.6) is 0 Å². The minimum Gasteiger partial charge on any atom is -0.465 e. The lowest BCUT2D eigenvalue weighted by Crippen LogP contribution is -2.11. The van der Waals surface area contributed by atoms with E-state index in [9.17, 15) is 9.59 Å². The zero-order chi connectivity index (χ0) is 14.8. The Balaban J connectivity index is 1.81. The molecule has 0 atom stereocenters. The molecule has 2 aromatic heterocycles. The van der Waals surface area contributed by atoms with Gasteiger partial charge in [0.2, 0.25) is 0 Å². The number of amides is 1. The molecule has 3 rings (SSSR count). The van der Waals surface area contributed by atoms with Crippen molar-refractivity contribution in [3.05, 3.63) is 52.2 Å². The molecule has 21 heavy (non-hydrogen) atoms. The summed E-state index contributed by atoms with van der Waals surface area (Å²) in [5.74, 6) is -0.604. The van der Waals surface area contributed by atoms with Gasteiger partial charge in [-0.25, -0.2) is 4.79 Å². The fourth-order valence-corrected chi connectivity index (χ4v) is 3.92. The zero-order valence-corrected chi connectivity index (χ0v) is 12.7. The van der Waals surface area contributed by atoms with Gasteiger partial charge in [0.1, 0.15) is 0 Å². The molecule has 3 aromatic rings. The molecule has 0 aliphatic rings. The third-order valence-corrected chi connectivity index (χ3v) is 5.00. The number of rotatable bonds is 3. The molecule has 0 radical (unpaired) electrons. The van der Waals surface area contributed by atoms with E-state index < -0.39 is 5.97 Å². The van der Waals surface area contributed by atoms with E-state index in [1.807, 2.05) is 17.5 Å². The summed E-state index contributed by atoms with van der Waals surface area (Å²) in [5, 5.41) is 4.80. The van der Waals surface area contributed by atoms with Crippen molar-refractivity contribution in [1.29, 1.82) is 0 Å². The summed E-state index contributed by atoms with van der Waals surface area (Å²) in [6.45, 7) is 0. The quantitative estimate of drug-likeness (QED) is 0.743. The first-order valence-corrected chi connectivity index (χ1v) is 7.84. The highest BCUT2D eigenvalue weighted by Gasteiger charge is 2.12. The number of ether oxygens (including phenoxy) is 1. The Bertz CT molecular complexity index is 791. The second kappa shape index (κ2) is 5.67. The van der Waals surface area contributed by atoms with Crippen LogP contribution >= 0.6 is 22.7 Å². The van der Waals surface area contributed by atoms with E-state index in [2.05, 4.69) is 10.1 Å². The van der Waals surface area contributed by atoms with Crippen LogP contribution in [0.3, 0.4) is 0 Å². The SMILES string of the molecule is COC(=O)c1cccc(NC(=O)c2cc3sccc3s2)c1. The summed E-state index contributed by atoms with van der Waals surface area (Å²) in [7, 11) is 1.33. The zero-order valence-electron chi connectivity index (χ0n) is 11.1. The number of anilines is 1. The van der Waals surface area contributed by atoms with Gasteiger partial charge in [0.05, 0.1) is 17.6 Å². The molecule has 0 fully saturated rings. The van der Waals surface area contributed by atoms with Crippen LogP contribution in [0.2, 0.25) is 0 Å². The molecule has 106 valence electrons. The van der Waals surface area contributed by atoms with Crippen molar-refractivity contribution in [2.24, 2.45) is 0 Å². The van der Waals surface area contributed by atoms with Crippen LogP contribution in [-0.4, -0.2) is 19.0 Å². The van der Waals surface area contributed by atoms with Gasteiger partial charge in [0.15, 0.2) is 0 Å². The van der Waals surface area contributed by atoms with E-state index in [0.717, 1.165) is 9.40 Å². The van der Waals surface area contributed by atoms with Gasteiger partial charge >= 0.3 is 5.97 Å². The monoisotopic (exact) mass is 317 g/mol. The fraction of sp³-hybridized carbons (Fsp3) is 0.0667. The largest absolute Gasteiger partial charge is 0.465 e. The molecule has 1 N–H and O–H groups in total. The predicted molar refractivity (Wildman–Crippen MR) is 85.4 cm³/mol. The predicted octanol–water partition coefficient (Wildman–Crippen LogP) is 4.00. The Morgan fingerprint density at radius 3 is 2.76 bits per heavy atom. The maximum atomic E-state index is 12.2. The van der Waals surface area contributed by atoms with Gasteiger partial charge in [0, 0.05) is 15.1 Å². The van der Waals surface area contributed by atoms with E-state index in [-0.39, 0.29) is 5.91 Å². The molecule has 2 heterocycles. The lowest BCUT2D eigenvalue weighted by molar-refractivity contribution is 0.0600. The minimum atomic E-state index is -0.428. The van der Waals surface area contributed by atoms with E-state index in [1.54, 1.807) is 35.6 Å². The Labute approximate surface area is 129 Å². The standard InChI is InChI=1S/C15H11NO3S2/c1-19-15(18)9-3-2-4-10(7-9)16-14(17)13-8-12-11(21-13)5-6-20-12/h2-8H,1H3,(H,16,17). The maximum absolute atomic E-state index is 12.2. The first-order valence-electron chi connectivity index (χ1n) is 6.14. The number of esters is 1. The summed E-state index contributed by atoms with van der Waals surface area (Å²) in [4.78, 5) is 24.3. The topological polar surface area (TPSA) is 55.4 Å². The van der Waals surface area contributed by atoms with Gasteiger partial charge in [0.25, 0.3) is 5.91 Å². The van der Waals surface area contributed by atoms with Gasteiger partial charge in [-0.3, -0.25) is 4.79 Å². The third kappa shape index (κ3) is 2.81. The Morgan fingerprint density at radius 2 is 2.00 bits per heavy atom. The third-order valence-electron chi connectivity index (χ3n) is 2.90. The van der Waals surface area contributed by atoms with Gasteiger partial charge < -0.3 is 10.1 Å². The number of hydrogen-bond acceptors (Lipinski definition) is 5. The van der Waals surface area contributed by atoms with Gasteiger partial charge in [-0.1, -0.05) is 6.07 Å². The van der Waals surface area contributed by atoms with Crippen molar-refractivity contribution in [3.63, 3.8) is 0 Å². The minimum absolute atomic E-state index is 0.176. The van der Waals surface area contributed by atoms with Gasteiger partial charge in [-0.15, -0.1) is 22.7 Å². The molecule has 1 amide bonds. The van der Waals surface area contributed by atoms with Crippen molar-refractivity contribution in [2.45, 2.75) is 0 Å². The number of carbonyl (C=O) groups is 2. The van der Waals surface area contributed by atoms with E-state index >= 15 is 0 Å². The summed E-state index contributed by atoms with van der Waals surface area (Å²) >= 11 is 3.06. The smallest absolute Gasteiger partial charge is 0.337 e. The molecule has 4 nitrogen and oxygen atoms in total. The lowest BCUT2D eigenvalue weighted by Gasteiger charge is -2.05. The van der Waals surface area contributed by atoms with Crippen molar-refractivity contribution >= 4 is 49.6 Å². The van der Waals surface area contributed by atoms with Crippen molar-refractivity contribution < 1.29 is 14.3 Å². The Hall–Kier alpha value is -2.18. The molecule has 6 heteroatoms. The van der Waals surface area contributed by atoms with Crippen LogP contribution in [-0.2, 0) is 4.74 Å². The van der Waals surface area contributed by atoms with E-state index in [0.29, 0.717) is 16.1 Å². The summed E-state index contributed by atoms with van der Waals surface area (Å²) in [5.41, 5.74) is 0.974. The molecule has 0 saturated heterocycles. The first kappa shape index (κ1) is 13.8. The number of thiophene rings is 2. The summed E-state index contributed by atoms with van der Waals surface area (Å²) in [6, 6.07) is 10.6. The van der Waals surface area contributed by atoms with Crippen LogP contribution < -0.4 is 5.32 Å². The normalized spacial score (nSPS) is 10.5. The summed E-state index contributed by atoms with van der Waals surface area (Å²) < 4.78 is 6.87. The molecule has 0 aliphatic heterocycles. The second-order valence-electron chi connectivity index (χ2n) is 4.29. The molecule has 0 aliphatic carbocycles. The van der Waals surface area contributed by atoms with Crippen LogP contribution in [0.15, 0.2) is 41.8 Å². The van der Waals surface area contributed by atoms with Crippen LogP contribution in [0.4, 0.5) is 5.69 Å². The first-order chi connectivity index (χ1) is 10.2. The highest BCUT2D eigenvalue weighted by molar-refractivity contribution is 7.27. The van der Waals surface area contributed by atoms with E-state index in [1.165, 1.54) is 18.4 Å². The van der Waals surface area contributed by atoms with E-state index in [4.69, 9.17) is 0 Å². The van der Waals surface area contributed by atoms with Crippen molar-refractivity contribution in [3.8, 4) is 0 Å². The average Bonchev–Trinajstić information content (AvgIpc) is 3.08. The molecule has 0 saturated carbocycles. The summed E-state index contributed by atoms with van der Waals surface area (Å²) in [6.07, 6.45) is 0. The molecule has 0 spiro atoms. The highest BCUT2D eigenvalue weighted by Crippen LogP contribution is 2.30. The van der Waals surface area contributed by atoms with Gasteiger partial charge in [-0.05, 0) is 35.7 Å². The van der Waals surface area contributed by atoms with Crippen LogP contribution in [0, 0.1) is 0 Å². The Morgan fingerprint density at radius 1 is 1.14 bits per heavy atom. The molecule has 0 bridgehead atoms. The van der Waals surface area contributed by atoms with Crippen molar-refractivity contribution in [2.75, 3.05) is 12.4 Å².